The Balaban J connectivity index is 2.20. The van der Waals surface area contributed by atoms with Crippen LogP contribution in [0.5, 0.6) is 5.75 Å². The van der Waals surface area contributed by atoms with Crippen molar-refractivity contribution in [1.29, 1.82) is 0 Å². The molecule has 2 N–H and O–H groups in total. The van der Waals surface area contributed by atoms with Crippen molar-refractivity contribution in [3.05, 3.63) is 65.2 Å². The van der Waals surface area contributed by atoms with E-state index in [-0.39, 0.29) is 29.6 Å². The van der Waals surface area contributed by atoms with Crippen LogP contribution in [0.1, 0.15) is 16.7 Å². The van der Waals surface area contributed by atoms with Crippen LogP contribution in [0.4, 0.5) is 13.2 Å². The van der Waals surface area contributed by atoms with Crippen molar-refractivity contribution in [1.82, 2.24) is 4.90 Å². The van der Waals surface area contributed by atoms with Gasteiger partial charge in [-0.1, -0.05) is 36.4 Å². The van der Waals surface area contributed by atoms with E-state index in [9.17, 15) is 18.0 Å². The predicted molar refractivity (Wildman–Crippen MR) is 94.4 cm³/mol. The zero-order valence-electron chi connectivity index (χ0n) is 14.5. The fraction of sp³-hybridized carbons (Fsp3) is 0.263. The molecule has 0 saturated carbocycles. The molecule has 0 bridgehead atoms. The van der Waals surface area contributed by atoms with Crippen LogP contribution < -0.4 is 10.5 Å². The van der Waals surface area contributed by atoms with Gasteiger partial charge in [-0.25, -0.2) is 4.99 Å². The molecule has 3 rings (SSSR count). The molecule has 142 valence electrons. The standard InChI is InChI=1S/C19H18F3N3O2/c1-25-16(26)19(24-18(25)23,13-5-3-2-4-6-13)14-7-8-15(27-17(21)22)12(11-14)9-10-20/h2-8,11,17H,9-10H2,1H3,(H2,23,24)/t19-/m1/s1. The Kier molecular flexibility index (Phi) is 5.07. The van der Waals surface area contributed by atoms with Crippen molar-refractivity contribution < 1.29 is 22.7 Å². The minimum atomic E-state index is -3.04. The number of hydrogen-bond acceptors (Lipinski definition) is 4. The summed E-state index contributed by atoms with van der Waals surface area (Å²) in [6.07, 6.45) is -0.135. The van der Waals surface area contributed by atoms with Gasteiger partial charge in [-0.15, -0.1) is 0 Å². The number of nitrogens with two attached hydrogens (primary N) is 1. The Morgan fingerprint density at radius 3 is 2.44 bits per heavy atom. The first-order valence-electron chi connectivity index (χ1n) is 8.23. The number of benzene rings is 2. The monoisotopic (exact) mass is 377 g/mol. The normalized spacial score (nSPS) is 19.5. The molecule has 0 aliphatic carbocycles. The summed E-state index contributed by atoms with van der Waals surface area (Å²) in [6, 6.07) is 13.0. The molecular weight excluding hydrogens is 359 g/mol. The summed E-state index contributed by atoms with van der Waals surface area (Å²) in [6.45, 7) is -3.80. The van der Waals surface area contributed by atoms with Gasteiger partial charge < -0.3 is 10.5 Å². The van der Waals surface area contributed by atoms with E-state index < -0.39 is 18.8 Å². The second-order valence-electron chi connectivity index (χ2n) is 6.05. The molecule has 27 heavy (non-hydrogen) atoms. The van der Waals surface area contributed by atoms with E-state index in [0.717, 1.165) is 0 Å². The Morgan fingerprint density at radius 1 is 1.19 bits per heavy atom. The number of amides is 1. The van der Waals surface area contributed by atoms with Gasteiger partial charge in [0.05, 0.1) is 6.67 Å². The van der Waals surface area contributed by atoms with Crippen molar-refractivity contribution in [3.63, 3.8) is 0 Å². The number of nitrogens with zero attached hydrogens (tertiary/aromatic N) is 2. The Bertz CT molecular complexity index is 874. The largest absolute Gasteiger partial charge is 0.435 e. The van der Waals surface area contributed by atoms with Crippen LogP contribution in [0.3, 0.4) is 0 Å². The minimum absolute atomic E-state index is 0.0313. The highest BCUT2D eigenvalue weighted by molar-refractivity contribution is 6.08. The predicted octanol–water partition coefficient (Wildman–Crippen LogP) is 2.83. The van der Waals surface area contributed by atoms with Crippen molar-refractivity contribution >= 4 is 11.9 Å². The van der Waals surface area contributed by atoms with E-state index >= 15 is 0 Å². The summed E-state index contributed by atoms with van der Waals surface area (Å²) in [7, 11) is 1.50. The minimum Gasteiger partial charge on any atom is -0.435 e. The highest BCUT2D eigenvalue weighted by atomic mass is 19.3. The van der Waals surface area contributed by atoms with Crippen molar-refractivity contribution in [3.8, 4) is 5.75 Å². The number of halogens is 3. The lowest BCUT2D eigenvalue weighted by Crippen LogP contribution is -2.41. The maximum Gasteiger partial charge on any atom is 0.387 e. The van der Waals surface area contributed by atoms with Gasteiger partial charge in [0.15, 0.2) is 11.5 Å². The van der Waals surface area contributed by atoms with E-state index in [2.05, 4.69) is 9.73 Å². The van der Waals surface area contributed by atoms with Gasteiger partial charge in [0.2, 0.25) is 0 Å². The summed E-state index contributed by atoms with van der Waals surface area (Å²) in [5.74, 6) is -0.492. The smallest absolute Gasteiger partial charge is 0.387 e. The van der Waals surface area contributed by atoms with E-state index in [0.29, 0.717) is 11.1 Å². The van der Waals surface area contributed by atoms with Gasteiger partial charge >= 0.3 is 6.61 Å². The van der Waals surface area contributed by atoms with Crippen LogP contribution in [0, 0.1) is 0 Å². The number of alkyl halides is 3. The highest BCUT2D eigenvalue weighted by Crippen LogP contribution is 2.40. The highest BCUT2D eigenvalue weighted by Gasteiger charge is 2.49. The molecule has 1 atom stereocenters. The lowest BCUT2D eigenvalue weighted by molar-refractivity contribution is -0.129. The van der Waals surface area contributed by atoms with E-state index in [1.54, 1.807) is 30.3 Å². The number of aryl methyl sites for hydroxylation is 1. The molecule has 0 radical (unpaired) electrons. The van der Waals surface area contributed by atoms with Gasteiger partial charge in [-0.05, 0) is 28.8 Å². The summed E-state index contributed by atoms with van der Waals surface area (Å²) in [5.41, 5.74) is 5.61. The number of hydrogen-bond donors (Lipinski definition) is 1. The number of guanidine groups is 1. The fourth-order valence-corrected chi connectivity index (χ4v) is 3.18. The van der Waals surface area contributed by atoms with Crippen molar-refractivity contribution in [2.24, 2.45) is 10.7 Å². The van der Waals surface area contributed by atoms with Crippen LogP contribution in [0.15, 0.2) is 53.5 Å². The zero-order valence-corrected chi connectivity index (χ0v) is 14.5. The second-order valence-corrected chi connectivity index (χ2v) is 6.05. The molecule has 5 nitrogen and oxygen atoms in total. The van der Waals surface area contributed by atoms with Crippen LogP contribution in [0.25, 0.3) is 0 Å². The molecule has 1 amide bonds. The van der Waals surface area contributed by atoms with E-state index in [1.807, 2.05) is 0 Å². The van der Waals surface area contributed by atoms with Crippen LogP contribution in [-0.2, 0) is 16.8 Å². The van der Waals surface area contributed by atoms with Gasteiger partial charge in [-0.2, -0.15) is 8.78 Å². The number of aliphatic imine (C=N–C) groups is 1. The first-order valence-corrected chi connectivity index (χ1v) is 8.23. The topological polar surface area (TPSA) is 67.9 Å². The Labute approximate surface area is 154 Å². The number of rotatable bonds is 6. The van der Waals surface area contributed by atoms with Gasteiger partial charge in [-0.3, -0.25) is 14.1 Å². The third-order valence-corrected chi connectivity index (χ3v) is 4.49. The first-order chi connectivity index (χ1) is 12.9. The van der Waals surface area contributed by atoms with Gasteiger partial charge in [0, 0.05) is 13.5 Å². The zero-order chi connectivity index (χ0) is 19.6. The number of carbonyl (C=O) groups is 1. The van der Waals surface area contributed by atoms with Crippen LogP contribution in [-0.4, -0.2) is 37.1 Å². The Hall–Kier alpha value is -3.03. The molecule has 0 spiro atoms. The van der Waals surface area contributed by atoms with Gasteiger partial charge in [0.25, 0.3) is 5.91 Å². The quantitative estimate of drug-likeness (QED) is 0.842. The number of likely N-dealkylation sites (N-methyl/N-ethyl adjacent to an activating group) is 1. The molecule has 1 heterocycles. The van der Waals surface area contributed by atoms with Crippen molar-refractivity contribution in [2.75, 3.05) is 13.7 Å². The molecule has 0 fully saturated rings. The summed E-state index contributed by atoms with van der Waals surface area (Å²) < 4.78 is 42.7. The maximum absolute atomic E-state index is 13.1. The SMILES string of the molecule is CN1C(=O)[C@@](c2ccccc2)(c2ccc(OC(F)F)c(CCF)c2)N=C1N. The molecule has 0 aromatic heterocycles. The van der Waals surface area contributed by atoms with E-state index in [1.165, 1.54) is 30.1 Å². The molecule has 2 aromatic carbocycles. The molecule has 0 saturated heterocycles. The second kappa shape index (κ2) is 7.30. The van der Waals surface area contributed by atoms with Crippen LogP contribution >= 0.6 is 0 Å². The third kappa shape index (κ3) is 3.22. The van der Waals surface area contributed by atoms with Crippen molar-refractivity contribution in [2.45, 2.75) is 18.6 Å². The molecule has 1 aliphatic rings. The Morgan fingerprint density at radius 2 is 1.89 bits per heavy atom. The van der Waals surface area contributed by atoms with Gasteiger partial charge in [0.1, 0.15) is 5.75 Å². The first kappa shape index (κ1) is 18.8. The summed E-state index contributed by atoms with van der Waals surface area (Å²) >= 11 is 0. The summed E-state index contributed by atoms with van der Waals surface area (Å²) in [5, 5.41) is 0. The number of carbonyl (C=O) groups excluding carboxylic acids is 1. The fourth-order valence-electron chi connectivity index (χ4n) is 3.18. The van der Waals surface area contributed by atoms with Crippen LogP contribution in [0.2, 0.25) is 0 Å². The average Bonchev–Trinajstić information content (AvgIpc) is 2.89. The lowest BCUT2D eigenvalue weighted by atomic mass is 9.82. The third-order valence-electron chi connectivity index (χ3n) is 4.49. The summed E-state index contributed by atoms with van der Waals surface area (Å²) in [4.78, 5) is 18.7. The molecule has 2 aromatic rings. The molecular formula is C19H18F3N3O2. The molecule has 1 aliphatic heterocycles. The molecule has 8 heteroatoms. The molecule has 0 unspecified atom stereocenters. The van der Waals surface area contributed by atoms with E-state index in [4.69, 9.17) is 5.73 Å². The lowest BCUT2D eigenvalue weighted by Gasteiger charge is -2.27. The average molecular weight is 377 g/mol. The maximum atomic E-state index is 13.1. The number of ether oxygens (including phenoxy) is 1.